The molecule has 0 saturated carbocycles. The number of nitrogens with two attached hydrogens (primary N) is 1. The Morgan fingerprint density at radius 1 is 1.26 bits per heavy atom. The lowest BCUT2D eigenvalue weighted by Crippen LogP contribution is -2.13. The third-order valence-electron chi connectivity index (χ3n) is 4.97. The second-order valence-corrected chi connectivity index (χ2v) is 6.84. The van der Waals surface area contributed by atoms with Crippen LogP contribution in [0, 0.1) is 23.1 Å². The summed E-state index contributed by atoms with van der Waals surface area (Å²) in [6, 6.07) is 11.5. The number of ether oxygens (including phenoxy) is 2. The van der Waals surface area contributed by atoms with E-state index < -0.39 is 6.04 Å². The van der Waals surface area contributed by atoms with Crippen LogP contribution in [0.25, 0.3) is 0 Å². The molecule has 2 saturated heterocycles. The lowest BCUT2D eigenvalue weighted by Gasteiger charge is -2.15. The molecule has 2 aliphatic rings. The predicted molar refractivity (Wildman–Crippen MR) is 98.7 cm³/mol. The molecule has 0 bridgehead atoms. The van der Waals surface area contributed by atoms with Crippen molar-refractivity contribution in [2.45, 2.75) is 50.7 Å². The third kappa shape index (κ3) is 4.89. The molecule has 1 aromatic heterocycles. The van der Waals surface area contributed by atoms with E-state index in [0.29, 0.717) is 12.0 Å². The second kappa shape index (κ2) is 9.05. The molecular formula is C21H24FN3O2. The van der Waals surface area contributed by atoms with Gasteiger partial charge in [-0.2, -0.15) is 5.26 Å². The Labute approximate surface area is 158 Å². The first kappa shape index (κ1) is 19.4. The predicted octanol–water partition coefficient (Wildman–Crippen LogP) is 4.03. The van der Waals surface area contributed by atoms with Crippen molar-refractivity contribution in [3.05, 3.63) is 65.7 Å². The molecule has 142 valence electrons. The Morgan fingerprint density at radius 2 is 2.04 bits per heavy atom. The first-order valence-corrected chi connectivity index (χ1v) is 9.22. The van der Waals surface area contributed by atoms with Gasteiger partial charge < -0.3 is 15.2 Å². The first-order valence-electron chi connectivity index (χ1n) is 9.22. The Morgan fingerprint density at radius 3 is 2.63 bits per heavy atom. The van der Waals surface area contributed by atoms with Gasteiger partial charge in [0.1, 0.15) is 11.9 Å². The summed E-state index contributed by atoms with van der Waals surface area (Å²) >= 11 is 0. The molecule has 2 fully saturated rings. The number of benzene rings is 1. The Kier molecular flexibility index (Phi) is 6.51. The van der Waals surface area contributed by atoms with Crippen molar-refractivity contribution in [3.63, 3.8) is 0 Å². The van der Waals surface area contributed by atoms with E-state index in [1.807, 2.05) is 6.07 Å². The molecule has 0 amide bonds. The molecule has 0 aliphatic carbocycles. The smallest absolute Gasteiger partial charge is 0.161 e. The summed E-state index contributed by atoms with van der Waals surface area (Å²) in [6.07, 6.45) is 6.77. The molecule has 4 rings (SSSR count). The Hall–Kier alpha value is -2.33. The molecule has 5 atom stereocenters. The van der Waals surface area contributed by atoms with E-state index in [1.165, 1.54) is 12.1 Å². The van der Waals surface area contributed by atoms with Crippen molar-refractivity contribution in [1.29, 1.82) is 5.26 Å². The minimum absolute atomic E-state index is 0.0463. The molecule has 5 unspecified atom stereocenters. The van der Waals surface area contributed by atoms with Gasteiger partial charge in [0.05, 0.1) is 18.3 Å². The van der Waals surface area contributed by atoms with Gasteiger partial charge in [0.15, 0.2) is 6.29 Å². The van der Waals surface area contributed by atoms with Gasteiger partial charge in [-0.1, -0.05) is 25.1 Å². The highest BCUT2D eigenvalue weighted by Crippen LogP contribution is 2.44. The highest BCUT2D eigenvalue weighted by Gasteiger charge is 2.43. The molecule has 1 aromatic carbocycles. The van der Waals surface area contributed by atoms with E-state index in [2.05, 4.69) is 11.9 Å². The van der Waals surface area contributed by atoms with Crippen LogP contribution in [0.5, 0.6) is 0 Å². The van der Waals surface area contributed by atoms with Crippen molar-refractivity contribution in [3.8, 4) is 6.07 Å². The zero-order chi connectivity index (χ0) is 19.2. The summed E-state index contributed by atoms with van der Waals surface area (Å²) in [5.74, 6) is 0.309. The fourth-order valence-electron chi connectivity index (χ4n) is 3.44. The van der Waals surface area contributed by atoms with Gasteiger partial charge in [0.2, 0.25) is 0 Å². The largest absolute Gasteiger partial charge is 0.349 e. The fourth-order valence-corrected chi connectivity index (χ4v) is 3.44. The van der Waals surface area contributed by atoms with Crippen molar-refractivity contribution in [2.75, 3.05) is 0 Å². The summed E-state index contributed by atoms with van der Waals surface area (Å²) in [4.78, 5) is 3.82. The molecule has 0 spiro atoms. The van der Waals surface area contributed by atoms with Crippen LogP contribution >= 0.6 is 0 Å². The monoisotopic (exact) mass is 369 g/mol. The number of nitriles is 1. The van der Waals surface area contributed by atoms with Gasteiger partial charge in [-0.3, -0.25) is 4.98 Å². The number of nitrogens with zero attached hydrogens (tertiary/aromatic N) is 2. The number of aromatic nitrogens is 1. The lowest BCUT2D eigenvalue weighted by molar-refractivity contribution is -0.140. The number of rotatable bonds is 3. The van der Waals surface area contributed by atoms with Gasteiger partial charge in [-0.05, 0) is 43.0 Å². The number of hydrogen-bond acceptors (Lipinski definition) is 5. The van der Waals surface area contributed by atoms with Gasteiger partial charge in [0, 0.05) is 23.9 Å². The van der Waals surface area contributed by atoms with Crippen LogP contribution in [0.1, 0.15) is 49.5 Å². The van der Waals surface area contributed by atoms with Crippen LogP contribution in [0.3, 0.4) is 0 Å². The third-order valence-corrected chi connectivity index (χ3v) is 4.97. The average Bonchev–Trinajstić information content (AvgIpc) is 3.28. The molecule has 27 heavy (non-hydrogen) atoms. The molecule has 2 N–H and O–H groups in total. The van der Waals surface area contributed by atoms with Gasteiger partial charge in [-0.25, -0.2) is 4.39 Å². The lowest BCUT2D eigenvalue weighted by atomic mass is 9.96. The zero-order valence-electron chi connectivity index (χ0n) is 15.3. The van der Waals surface area contributed by atoms with Crippen LogP contribution in [0.4, 0.5) is 4.39 Å². The van der Waals surface area contributed by atoms with E-state index in [0.717, 1.165) is 30.4 Å². The number of halogens is 1. The normalized spacial score (nSPS) is 27.2. The maximum Gasteiger partial charge on any atom is 0.161 e. The topological polar surface area (TPSA) is 81.2 Å². The molecule has 2 aliphatic heterocycles. The van der Waals surface area contributed by atoms with E-state index in [9.17, 15) is 4.39 Å². The second-order valence-electron chi connectivity index (χ2n) is 6.84. The minimum Gasteiger partial charge on any atom is -0.349 e. The molecular weight excluding hydrogens is 345 g/mol. The standard InChI is InChI=1S/C14H17FO2.C7H7N3/c1-2-12-7-10-8-13(17-14(10)16-12)9-3-5-11(15)6-4-9;8-4-7(9)6-2-1-3-10-5-6/h3-6,10,12-14H,2,7-8H2,1H3;1-3,5,7H,9H2. The Bertz CT molecular complexity index is 749. The quantitative estimate of drug-likeness (QED) is 0.883. The molecule has 0 radical (unpaired) electrons. The van der Waals surface area contributed by atoms with Crippen LogP contribution in [0.15, 0.2) is 48.8 Å². The maximum atomic E-state index is 12.8. The molecule has 5 nitrogen and oxygen atoms in total. The summed E-state index contributed by atoms with van der Waals surface area (Å²) in [5, 5.41) is 8.39. The first-order chi connectivity index (χ1) is 13.1. The minimum atomic E-state index is -0.548. The summed E-state index contributed by atoms with van der Waals surface area (Å²) in [6.45, 7) is 2.14. The van der Waals surface area contributed by atoms with Crippen molar-refractivity contribution >= 4 is 0 Å². The van der Waals surface area contributed by atoms with Gasteiger partial charge >= 0.3 is 0 Å². The fraction of sp³-hybridized carbons (Fsp3) is 0.429. The van der Waals surface area contributed by atoms with E-state index in [4.69, 9.17) is 20.5 Å². The van der Waals surface area contributed by atoms with Crippen LogP contribution in [-0.4, -0.2) is 17.4 Å². The average molecular weight is 369 g/mol. The SMILES string of the molecule is CCC1CC2CC(c3ccc(F)cc3)OC2O1.N#CC(N)c1cccnc1. The summed E-state index contributed by atoms with van der Waals surface area (Å²) in [5.41, 5.74) is 7.20. The van der Waals surface area contributed by atoms with Crippen LogP contribution in [-0.2, 0) is 9.47 Å². The molecule has 6 heteroatoms. The number of hydrogen-bond donors (Lipinski definition) is 1. The summed E-state index contributed by atoms with van der Waals surface area (Å²) < 4.78 is 24.5. The van der Waals surface area contributed by atoms with Crippen molar-refractivity contribution < 1.29 is 13.9 Å². The van der Waals surface area contributed by atoms with E-state index in [-0.39, 0.29) is 18.2 Å². The van der Waals surface area contributed by atoms with Crippen molar-refractivity contribution in [1.82, 2.24) is 4.98 Å². The highest BCUT2D eigenvalue weighted by molar-refractivity contribution is 5.20. The molecule has 2 aromatic rings. The van der Waals surface area contributed by atoms with E-state index in [1.54, 1.807) is 36.7 Å². The number of pyridine rings is 1. The number of fused-ring (bicyclic) bond motifs is 1. The van der Waals surface area contributed by atoms with Crippen molar-refractivity contribution in [2.24, 2.45) is 11.7 Å². The van der Waals surface area contributed by atoms with Gasteiger partial charge in [0.25, 0.3) is 0 Å². The molecule has 3 heterocycles. The highest BCUT2D eigenvalue weighted by atomic mass is 19.1. The maximum absolute atomic E-state index is 12.8. The summed E-state index contributed by atoms with van der Waals surface area (Å²) in [7, 11) is 0. The zero-order valence-corrected chi connectivity index (χ0v) is 15.3. The van der Waals surface area contributed by atoms with Crippen LogP contribution < -0.4 is 5.73 Å². The Balaban J connectivity index is 0.000000180. The van der Waals surface area contributed by atoms with Gasteiger partial charge in [-0.15, -0.1) is 0 Å². The van der Waals surface area contributed by atoms with Crippen LogP contribution in [0.2, 0.25) is 0 Å². The van der Waals surface area contributed by atoms with E-state index >= 15 is 0 Å².